The predicted molar refractivity (Wildman–Crippen MR) is 83.7 cm³/mol. The van der Waals surface area contributed by atoms with Gasteiger partial charge in [0.1, 0.15) is 6.10 Å². The third kappa shape index (κ3) is 2.46. The van der Waals surface area contributed by atoms with Gasteiger partial charge in [-0.1, -0.05) is 25.3 Å². The SMILES string of the molecule is COc1cccc(OC)c1OC1CC(Cl)C12CCCCC2. The summed E-state index contributed by atoms with van der Waals surface area (Å²) in [6, 6.07) is 5.72. The van der Waals surface area contributed by atoms with E-state index in [9.17, 15) is 0 Å². The zero-order chi connectivity index (χ0) is 14.9. The van der Waals surface area contributed by atoms with E-state index in [1.807, 2.05) is 18.2 Å². The van der Waals surface area contributed by atoms with Gasteiger partial charge in [0.05, 0.1) is 14.2 Å². The number of halogens is 1. The Balaban J connectivity index is 1.84. The van der Waals surface area contributed by atoms with Gasteiger partial charge in [0.2, 0.25) is 5.75 Å². The second-order valence-electron chi connectivity index (χ2n) is 6.10. The van der Waals surface area contributed by atoms with Crippen molar-refractivity contribution in [3.63, 3.8) is 0 Å². The van der Waals surface area contributed by atoms with E-state index in [0.717, 1.165) is 17.9 Å². The zero-order valence-electron chi connectivity index (χ0n) is 12.7. The molecule has 3 nitrogen and oxygen atoms in total. The van der Waals surface area contributed by atoms with Crippen LogP contribution in [0.2, 0.25) is 0 Å². The van der Waals surface area contributed by atoms with Crippen molar-refractivity contribution in [1.82, 2.24) is 0 Å². The molecule has 2 saturated carbocycles. The van der Waals surface area contributed by atoms with Crippen LogP contribution in [0.15, 0.2) is 18.2 Å². The molecule has 0 heterocycles. The van der Waals surface area contributed by atoms with Crippen LogP contribution in [0.3, 0.4) is 0 Å². The van der Waals surface area contributed by atoms with Crippen LogP contribution in [0.4, 0.5) is 0 Å². The van der Waals surface area contributed by atoms with Crippen molar-refractivity contribution in [3.05, 3.63) is 18.2 Å². The predicted octanol–water partition coefficient (Wildman–Crippen LogP) is 4.41. The lowest BCUT2D eigenvalue weighted by Gasteiger charge is -2.55. The monoisotopic (exact) mass is 310 g/mol. The molecule has 0 bridgehead atoms. The number of alkyl halides is 1. The van der Waals surface area contributed by atoms with Crippen molar-refractivity contribution in [3.8, 4) is 17.2 Å². The van der Waals surface area contributed by atoms with E-state index in [4.69, 9.17) is 25.8 Å². The van der Waals surface area contributed by atoms with Crippen molar-refractivity contribution in [2.75, 3.05) is 14.2 Å². The summed E-state index contributed by atoms with van der Waals surface area (Å²) in [7, 11) is 3.31. The second kappa shape index (κ2) is 5.96. The van der Waals surface area contributed by atoms with Crippen LogP contribution >= 0.6 is 11.6 Å². The second-order valence-corrected chi connectivity index (χ2v) is 6.62. The summed E-state index contributed by atoms with van der Waals surface area (Å²) in [6.07, 6.45) is 7.24. The van der Waals surface area contributed by atoms with Gasteiger partial charge in [-0.2, -0.15) is 0 Å². The van der Waals surface area contributed by atoms with Crippen LogP contribution in [0, 0.1) is 5.41 Å². The summed E-state index contributed by atoms with van der Waals surface area (Å²) in [5.41, 5.74) is 0.145. The maximum Gasteiger partial charge on any atom is 0.203 e. The van der Waals surface area contributed by atoms with Gasteiger partial charge < -0.3 is 14.2 Å². The molecule has 1 aromatic carbocycles. The summed E-state index contributed by atoms with van der Waals surface area (Å²) in [6.45, 7) is 0. The smallest absolute Gasteiger partial charge is 0.203 e. The Morgan fingerprint density at radius 1 is 1.05 bits per heavy atom. The molecule has 116 valence electrons. The fourth-order valence-corrected chi connectivity index (χ4v) is 4.31. The molecule has 0 amide bonds. The highest BCUT2D eigenvalue weighted by molar-refractivity contribution is 6.21. The number of benzene rings is 1. The lowest BCUT2D eigenvalue weighted by atomic mass is 9.58. The van der Waals surface area contributed by atoms with Gasteiger partial charge >= 0.3 is 0 Å². The van der Waals surface area contributed by atoms with Gasteiger partial charge in [-0.15, -0.1) is 11.6 Å². The summed E-state index contributed by atoms with van der Waals surface area (Å²) in [4.78, 5) is 0. The molecule has 2 aliphatic rings. The molecule has 3 rings (SSSR count). The molecule has 21 heavy (non-hydrogen) atoms. The van der Waals surface area contributed by atoms with Gasteiger partial charge in [-0.05, 0) is 25.0 Å². The number of rotatable bonds is 4. The summed E-state index contributed by atoms with van der Waals surface area (Å²) >= 11 is 6.55. The number of para-hydroxylation sites is 1. The minimum atomic E-state index is 0.145. The number of hydrogen-bond acceptors (Lipinski definition) is 3. The first-order chi connectivity index (χ1) is 10.2. The van der Waals surface area contributed by atoms with Crippen molar-refractivity contribution < 1.29 is 14.2 Å². The Morgan fingerprint density at radius 3 is 2.19 bits per heavy atom. The molecule has 0 aromatic heterocycles. The molecular weight excluding hydrogens is 288 g/mol. The molecule has 0 aliphatic heterocycles. The molecule has 2 aliphatic carbocycles. The van der Waals surface area contributed by atoms with E-state index in [1.165, 1.54) is 32.1 Å². The fourth-order valence-electron chi connectivity index (χ4n) is 3.78. The van der Waals surface area contributed by atoms with Crippen LogP contribution in [-0.2, 0) is 0 Å². The summed E-state index contributed by atoms with van der Waals surface area (Å²) in [5, 5.41) is 0.239. The maximum atomic E-state index is 6.55. The molecule has 2 unspecified atom stereocenters. The zero-order valence-corrected chi connectivity index (χ0v) is 13.5. The van der Waals surface area contributed by atoms with Gasteiger partial charge in [0, 0.05) is 17.2 Å². The number of methoxy groups -OCH3 is 2. The third-order valence-corrected chi connectivity index (χ3v) is 5.73. The molecule has 1 spiro atoms. The Kier molecular flexibility index (Phi) is 4.21. The molecule has 4 heteroatoms. The van der Waals surface area contributed by atoms with E-state index >= 15 is 0 Å². The standard InChI is InChI=1S/C17H23ClO3/c1-19-12-7-6-8-13(20-2)16(12)21-15-11-14(18)17(15)9-4-3-5-10-17/h6-8,14-15H,3-5,9-11H2,1-2H3. The summed E-state index contributed by atoms with van der Waals surface area (Å²) < 4.78 is 17.2. The minimum Gasteiger partial charge on any atom is -0.493 e. The molecule has 0 radical (unpaired) electrons. The van der Waals surface area contributed by atoms with E-state index in [0.29, 0.717) is 5.75 Å². The van der Waals surface area contributed by atoms with Crippen LogP contribution in [0.5, 0.6) is 17.2 Å². The van der Waals surface area contributed by atoms with Crippen molar-refractivity contribution >= 4 is 11.6 Å². The maximum absolute atomic E-state index is 6.55. The Labute approximate surface area is 131 Å². The largest absolute Gasteiger partial charge is 0.493 e. The van der Waals surface area contributed by atoms with Gasteiger partial charge in [-0.25, -0.2) is 0 Å². The fraction of sp³-hybridized carbons (Fsp3) is 0.647. The van der Waals surface area contributed by atoms with Crippen LogP contribution in [-0.4, -0.2) is 25.7 Å². The Bertz CT molecular complexity index is 475. The molecule has 0 N–H and O–H groups in total. The number of ether oxygens (including phenoxy) is 3. The summed E-state index contributed by atoms with van der Waals surface area (Å²) in [5.74, 6) is 2.15. The average Bonchev–Trinajstić information content (AvgIpc) is 2.55. The average molecular weight is 311 g/mol. The lowest BCUT2D eigenvalue weighted by Crippen LogP contribution is -2.58. The Morgan fingerprint density at radius 2 is 1.67 bits per heavy atom. The van der Waals surface area contributed by atoms with Crippen molar-refractivity contribution in [2.45, 2.75) is 50.0 Å². The first kappa shape index (κ1) is 14.8. The normalized spacial score (nSPS) is 27.0. The highest BCUT2D eigenvalue weighted by Crippen LogP contribution is 2.56. The van der Waals surface area contributed by atoms with Crippen LogP contribution < -0.4 is 14.2 Å². The van der Waals surface area contributed by atoms with Crippen molar-refractivity contribution in [2.24, 2.45) is 5.41 Å². The molecule has 2 fully saturated rings. The van der Waals surface area contributed by atoms with Gasteiger partial charge in [0.25, 0.3) is 0 Å². The Hall–Kier alpha value is -1.09. The van der Waals surface area contributed by atoms with Gasteiger partial charge in [-0.3, -0.25) is 0 Å². The van der Waals surface area contributed by atoms with Crippen LogP contribution in [0.25, 0.3) is 0 Å². The lowest BCUT2D eigenvalue weighted by molar-refractivity contribution is -0.0667. The van der Waals surface area contributed by atoms with E-state index < -0.39 is 0 Å². The topological polar surface area (TPSA) is 27.7 Å². The van der Waals surface area contributed by atoms with E-state index in [2.05, 4.69) is 0 Å². The van der Waals surface area contributed by atoms with Crippen LogP contribution in [0.1, 0.15) is 38.5 Å². The van der Waals surface area contributed by atoms with Crippen molar-refractivity contribution in [1.29, 1.82) is 0 Å². The van der Waals surface area contributed by atoms with E-state index in [-0.39, 0.29) is 16.9 Å². The third-order valence-electron chi connectivity index (χ3n) is 5.11. The molecule has 2 atom stereocenters. The first-order valence-corrected chi connectivity index (χ1v) is 8.16. The van der Waals surface area contributed by atoms with E-state index in [1.54, 1.807) is 14.2 Å². The highest BCUT2D eigenvalue weighted by atomic mass is 35.5. The molecule has 0 saturated heterocycles. The highest BCUT2D eigenvalue weighted by Gasteiger charge is 2.56. The quantitative estimate of drug-likeness (QED) is 0.771. The molecule has 1 aromatic rings. The number of hydrogen-bond donors (Lipinski definition) is 0. The molecular formula is C17H23ClO3. The van der Waals surface area contributed by atoms with Gasteiger partial charge in [0.15, 0.2) is 11.5 Å². The minimum absolute atomic E-state index is 0.145. The first-order valence-electron chi connectivity index (χ1n) is 7.73.